The van der Waals surface area contributed by atoms with Crippen LogP contribution >= 0.6 is 0 Å². The minimum Gasteiger partial charge on any atom is -0.507 e. The second-order valence-corrected chi connectivity index (χ2v) is 49.9. The molecule has 0 aliphatic rings. The smallest absolute Gasteiger partial charge is 0.143 e. The SMILES string of the molecule is CC(C)Cc1cc(-c2[c-]c(-c3cccc4c3nc(-c3cc(C(C)(C)C)cc(C(C)(C)C)c3O)n4C)cc(C(C)(C)C)c2)ncc1[Si](C)(C)C.Cn1c(-c2ccccc2O)nc2c(-c3[c-]c(-c4ccc([Si](C)(C)C)cn4)cc(C(C)(C)C)c3)cccc21.Cn1c(-c2ccccc2O)nc2c(-c3[c-]c(-c4ccccn4)cc(C(C)(C)C)c3)cccc21.[Pt].[Pt].[Pt]. The van der Waals surface area contributed by atoms with E-state index in [0.717, 1.165) is 135 Å². The number of pyridine rings is 3. The summed E-state index contributed by atoms with van der Waals surface area (Å²) in [6, 6.07) is 74.8. The molecule has 0 saturated carbocycles. The van der Waals surface area contributed by atoms with Gasteiger partial charge >= 0.3 is 0 Å². The van der Waals surface area contributed by atoms with Crippen molar-refractivity contribution in [1.29, 1.82) is 0 Å². The molecule has 122 heavy (non-hydrogen) atoms. The van der Waals surface area contributed by atoms with Crippen LogP contribution in [-0.2, 0) is 118 Å². The van der Waals surface area contributed by atoms with E-state index in [0.29, 0.717) is 22.8 Å². The van der Waals surface area contributed by atoms with Gasteiger partial charge in [0.15, 0.2) is 0 Å². The molecule has 0 radical (unpaired) electrons. The van der Waals surface area contributed by atoms with E-state index in [1.165, 1.54) is 38.2 Å². The number of phenols is 3. The minimum atomic E-state index is -1.57. The van der Waals surface area contributed by atoms with E-state index in [-0.39, 0.29) is 102 Å². The first-order chi connectivity index (χ1) is 55.7. The van der Waals surface area contributed by atoms with Crippen LogP contribution in [0.3, 0.4) is 0 Å². The van der Waals surface area contributed by atoms with Crippen molar-refractivity contribution < 1.29 is 78.5 Å². The average molecular weight is 2200 g/mol. The fraction of sp³-hybridized carbons (Fsp3) is 0.314. The third-order valence-electron chi connectivity index (χ3n) is 22.7. The topological polar surface area (TPSA) is 153 Å². The van der Waals surface area contributed by atoms with Crippen molar-refractivity contribution in [1.82, 2.24) is 43.6 Å². The molecular formula is C105H118N9O3Pt3Si2-3. The quantitative estimate of drug-likeness (QED) is 0.0756. The monoisotopic (exact) mass is 2190 g/mol. The van der Waals surface area contributed by atoms with Gasteiger partial charge in [-0.05, 0) is 110 Å². The number of imidazole rings is 3. The van der Waals surface area contributed by atoms with Gasteiger partial charge in [0.25, 0.3) is 0 Å². The number of phenolic OH excluding ortho intramolecular Hbond substituents is 3. The zero-order chi connectivity index (χ0) is 86.1. The van der Waals surface area contributed by atoms with Crippen LogP contribution in [0.4, 0.5) is 0 Å². The summed E-state index contributed by atoms with van der Waals surface area (Å²) in [7, 11) is 3.03. The summed E-state index contributed by atoms with van der Waals surface area (Å²) in [4.78, 5) is 29.8. The van der Waals surface area contributed by atoms with Crippen LogP contribution in [0.5, 0.6) is 17.2 Å². The first-order valence-corrected chi connectivity index (χ1v) is 48.7. The summed E-state index contributed by atoms with van der Waals surface area (Å²) in [6.45, 7) is 52.1. The van der Waals surface area contributed by atoms with E-state index in [1.54, 1.807) is 12.1 Å². The molecule has 17 heteroatoms. The van der Waals surface area contributed by atoms with Gasteiger partial charge in [-0.15, -0.1) is 88.0 Å². The molecule has 9 aromatic carbocycles. The zero-order valence-electron chi connectivity index (χ0n) is 75.7. The Morgan fingerprint density at radius 2 is 0.713 bits per heavy atom. The molecule has 6 aromatic heterocycles. The van der Waals surface area contributed by atoms with Gasteiger partial charge in [0.05, 0.1) is 65.9 Å². The molecule has 0 bridgehead atoms. The number of aromatic nitrogens is 9. The molecule has 0 aliphatic heterocycles. The van der Waals surface area contributed by atoms with Crippen LogP contribution < -0.4 is 10.4 Å². The van der Waals surface area contributed by atoms with Gasteiger partial charge in [-0.3, -0.25) is 15.0 Å². The van der Waals surface area contributed by atoms with Crippen LogP contribution in [0, 0.1) is 24.1 Å². The van der Waals surface area contributed by atoms with Gasteiger partial charge in [0, 0.05) is 126 Å². The molecule has 15 aromatic rings. The maximum atomic E-state index is 11.8. The molecule has 0 amide bonds. The van der Waals surface area contributed by atoms with Crippen LogP contribution in [0.15, 0.2) is 207 Å². The van der Waals surface area contributed by atoms with Crippen molar-refractivity contribution in [3.05, 3.63) is 258 Å². The van der Waals surface area contributed by atoms with Crippen molar-refractivity contribution in [2.24, 2.45) is 27.1 Å². The molecule has 642 valence electrons. The number of aryl methyl sites for hydroxylation is 3. The van der Waals surface area contributed by atoms with Gasteiger partial charge in [-0.2, -0.15) is 0 Å². The third-order valence-corrected chi connectivity index (χ3v) is 26.8. The van der Waals surface area contributed by atoms with Gasteiger partial charge < -0.3 is 29.0 Å². The standard InChI is InChI=1S/C44H58N3OSi.C32H34N3OSi.C29H26N3O.3Pt/c1-27(2)19-30-23-36(45-26-38(30)49(13,14)15)29-20-28(21-31(22-29)42(3,4)5)33-17-16-18-37-39(33)46-41(47(37)12)34-24-32(43(6,7)8)25-35(40(34)48)44(9,10)11;1-32(2,3)23-18-21(17-22(19-23)27-16-15-24(20-33-27)37(5,6)7)25-12-10-13-28-30(25)34-31(35(28)4)26-11-8-9-14-29(26)36;1-29(2,3)21-17-19(16-20(18-21)24-12-7-8-15-30-24)22-11-9-13-25-27(22)31-28(32(25)4)23-10-5-6-14-26(23)33;;;/h16-18,21-27,48H,19H2,1-15H3;8-16,18-20,36H,1-7H3;5-15,17-18,33H,1-4H3;;;/q3*-1;;;. The van der Waals surface area contributed by atoms with Crippen molar-refractivity contribution >= 4 is 59.6 Å². The summed E-state index contributed by atoms with van der Waals surface area (Å²) in [6.07, 6.45) is 7.03. The average Bonchev–Trinajstić information content (AvgIpc) is 1.59. The summed E-state index contributed by atoms with van der Waals surface area (Å²) in [5.74, 6) is 3.52. The molecule has 6 heterocycles. The molecule has 15 rings (SSSR count). The minimum absolute atomic E-state index is 0. The molecule has 0 unspecified atom stereocenters. The molecule has 0 saturated heterocycles. The molecule has 0 atom stereocenters. The Balaban J connectivity index is 0.000000193. The van der Waals surface area contributed by atoms with Crippen molar-refractivity contribution in [3.8, 4) is 119 Å². The molecular weight excluding hydrogens is 2080 g/mol. The van der Waals surface area contributed by atoms with Crippen LogP contribution in [-0.4, -0.2) is 75.1 Å². The second-order valence-electron chi connectivity index (χ2n) is 39.8. The molecule has 0 aliphatic carbocycles. The van der Waals surface area contributed by atoms with Gasteiger partial charge in [0.1, 0.15) is 34.7 Å². The predicted molar refractivity (Wildman–Crippen MR) is 504 cm³/mol. The molecule has 3 N–H and O–H groups in total. The largest absolute Gasteiger partial charge is 0.507 e. The molecule has 0 fully saturated rings. The first-order valence-electron chi connectivity index (χ1n) is 41.7. The Labute approximate surface area is 769 Å². The summed E-state index contributed by atoms with van der Waals surface area (Å²) < 4.78 is 6.19. The fourth-order valence-electron chi connectivity index (χ4n) is 15.5. The van der Waals surface area contributed by atoms with E-state index in [1.807, 2.05) is 96.3 Å². The summed E-state index contributed by atoms with van der Waals surface area (Å²) in [5.41, 5.74) is 26.4. The van der Waals surface area contributed by atoms with Crippen molar-refractivity contribution in [3.63, 3.8) is 0 Å². The number of fused-ring (bicyclic) bond motifs is 3. The number of hydrogen-bond acceptors (Lipinski definition) is 9. The number of benzene rings is 9. The van der Waals surface area contributed by atoms with Gasteiger partial charge in [0.2, 0.25) is 0 Å². The Hall–Kier alpha value is -9.26. The third kappa shape index (κ3) is 20.4. The van der Waals surface area contributed by atoms with E-state index in [4.69, 9.17) is 24.9 Å². The number of rotatable bonds is 13. The van der Waals surface area contributed by atoms with Crippen molar-refractivity contribution in [2.75, 3.05) is 0 Å². The molecule has 12 nitrogen and oxygen atoms in total. The normalized spacial score (nSPS) is 12.2. The zero-order valence-corrected chi connectivity index (χ0v) is 84.5. The first kappa shape index (κ1) is 95.0. The van der Waals surface area contributed by atoms with Gasteiger partial charge in [-0.1, -0.05) is 293 Å². The number of nitrogens with zero attached hydrogens (tertiary/aromatic N) is 9. The van der Waals surface area contributed by atoms with E-state index < -0.39 is 16.1 Å². The maximum Gasteiger partial charge on any atom is 0.143 e. The van der Waals surface area contributed by atoms with Crippen LogP contribution in [0.1, 0.15) is 151 Å². The Bertz CT molecular complexity index is 6310. The van der Waals surface area contributed by atoms with E-state index in [2.05, 4.69) is 313 Å². The van der Waals surface area contributed by atoms with Crippen LogP contribution in [0.2, 0.25) is 39.3 Å². The maximum absolute atomic E-state index is 11.8. The Morgan fingerprint density at radius 1 is 0.352 bits per heavy atom. The van der Waals surface area contributed by atoms with Crippen LogP contribution in [0.25, 0.3) is 134 Å². The Morgan fingerprint density at radius 3 is 1.07 bits per heavy atom. The number of para-hydroxylation sites is 5. The van der Waals surface area contributed by atoms with E-state index >= 15 is 0 Å². The van der Waals surface area contributed by atoms with Gasteiger partial charge in [-0.25, -0.2) is 15.0 Å². The number of hydrogen-bond donors (Lipinski definition) is 3. The second kappa shape index (κ2) is 36.5. The molecule has 0 spiro atoms. The predicted octanol–water partition coefficient (Wildman–Crippen LogP) is 25.2. The Kier molecular flexibility index (Phi) is 28.4. The number of aromatic hydroxyl groups is 3. The summed E-state index contributed by atoms with van der Waals surface area (Å²) in [5, 5.41) is 35.5. The van der Waals surface area contributed by atoms with E-state index in [9.17, 15) is 15.3 Å². The fourth-order valence-corrected chi connectivity index (χ4v) is 18.1. The summed E-state index contributed by atoms with van der Waals surface area (Å²) >= 11 is 0. The van der Waals surface area contributed by atoms with Crippen molar-refractivity contribution in [2.45, 2.75) is 190 Å².